The Balaban J connectivity index is 2.71. The van der Waals surface area contributed by atoms with Gasteiger partial charge in [0.15, 0.2) is 0 Å². The van der Waals surface area contributed by atoms with E-state index in [0.29, 0.717) is 4.57 Å². The van der Waals surface area contributed by atoms with Crippen molar-refractivity contribution in [1.29, 1.82) is 0 Å². The predicted octanol–water partition coefficient (Wildman–Crippen LogP) is 1.08. The van der Waals surface area contributed by atoms with Crippen molar-refractivity contribution in [2.75, 3.05) is 0 Å². The first kappa shape index (κ1) is 12.6. The minimum Gasteiger partial charge on any atom is -0.322 e. The van der Waals surface area contributed by atoms with Gasteiger partial charge >= 0.3 is 11.9 Å². The summed E-state index contributed by atoms with van der Waals surface area (Å²) in [6, 6.07) is 2.30. The van der Waals surface area contributed by atoms with Crippen molar-refractivity contribution in [2.45, 2.75) is 25.7 Å². The van der Waals surface area contributed by atoms with Crippen LogP contribution in [0.15, 0.2) is 23.1 Å². The molecule has 98 valence electrons. The lowest BCUT2D eigenvalue weighted by molar-refractivity contribution is -0.142. The van der Waals surface area contributed by atoms with Crippen LogP contribution in [0.3, 0.4) is 0 Å². The van der Waals surface area contributed by atoms with Crippen LogP contribution in [-0.4, -0.2) is 20.1 Å². The fourth-order valence-corrected chi connectivity index (χ4v) is 1.71. The highest BCUT2D eigenvalue weighted by Crippen LogP contribution is 2.18. The molecule has 0 amide bonds. The second-order valence-electron chi connectivity index (χ2n) is 3.98. The summed E-state index contributed by atoms with van der Waals surface area (Å²) in [5, 5.41) is 0. The van der Waals surface area contributed by atoms with Crippen LogP contribution in [-0.2, 0) is 6.54 Å². The van der Waals surface area contributed by atoms with Crippen LogP contribution in [0.4, 0.5) is 13.2 Å². The van der Waals surface area contributed by atoms with Gasteiger partial charge in [-0.3, -0.25) is 8.97 Å². The van der Waals surface area contributed by atoms with E-state index in [2.05, 4.69) is 4.98 Å². The summed E-state index contributed by atoms with van der Waals surface area (Å²) in [4.78, 5) is 15.9. The first-order valence-electron chi connectivity index (χ1n) is 5.20. The SMILES string of the molecule is CC(N)c1nc2cccn2c(=O)n1CC(F)(F)F. The van der Waals surface area contributed by atoms with Gasteiger partial charge in [0.2, 0.25) is 0 Å². The van der Waals surface area contributed by atoms with Crippen LogP contribution >= 0.6 is 0 Å². The molecule has 0 fully saturated rings. The van der Waals surface area contributed by atoms with Crippen LogP contribution in [0.25, 0.3) is 5.65 Å². The van der Waals surface area contributed by atoms with E-state index in [-0.39, 0.29) is 11.5 Å². The molecule has 2 aromatic heterocycles. The summed E-state index contributed by atoms with van der Waals surface area (Å²) < 4.78 is 39.0. The smallest absolute Gasteiger partial charge is 0.322 e. The van der Waals surface area contributed by atoms with Crippen molar-refractivity contribution in [2.24, 2.45) is 5.73 Å². The van der Waals surface area contributed by atoms with Gasteiger partial charge in [-0.15, -0.1) is 0 Å². The molecule has 0 aliphatic heterocycles. The number of nitrogens with two attached hydrogens (primary N) is 1. The molecule has 0 saturated carbocycles. The maximum atomic E-state index is 12.5. The van der Waals surface area contributed by atoms with E-state index in [9.17, 15) is 18.0 Å². The molecule has 2 rings (SSSR count). The molecule has 0 spiro atoms. The van der Waals surface area contributed by atoms with Gasteiger partial charge in [-0.05, 0) is 19.1 Å². The van der Waals surface area contributed by atoms with Crippen molar-refractivity contribution < 1.29 is 13.2 Å². The first-order chi connectivity index (χ1) is 8.29. The van der Waals surface area contributed by atoms with Gasteiger partial charge in [0, 0.05) is 6.20 Å². The Bertz CT molecular complexity index is 626. The molecule has 18 heavy (non-hydrogen) atoms. The minimum absolute atomic E-state index is 0.0801. The van der Waals surface area contributed by atoms with Gasteiger partial charge in [-0.25, -0.2) is 9.78 Å². The lowest BCUT2D eigenvalue weighted by Gasteiger charge is -2.16. The maximum Gasteiger partial charge on any atom is 0.406 e. The molecule has 0 aliphatic carbocycles. The number of hydrogen-bond donors (Lipinski definition) is 1. The number of hydrogen-bond acceptors (Lipinski definition) is 3. The molecule has 2 aromatic rings. The number of alkyl halides is 3. The van der Waals surface area contributed by atoms with E-state index in [1.54, 1.807) is 0 Å². The van der Waals surface area contributed by atoms with E-state index in [4.69, 9.17) is 5.73 Å². The minimum atomic E-state index is -4.50. The summed E-state index contributed by atoms with van der Waals surface area (Å²) in [5.41, 5.74) is 5.05. The summed E-state index contributed by atoms with van der Waals surface area (Å²) in [6.45, 7) is 0.0813. The Hall–Kier alpha value is -1.83. The standard InChI is InChI=1S/C10H11F3N4O/c1-6(14)8-15-7-3-2-4-16(7)9(18)17(8)5-10(11,12)13/h2-4,6H,5,14H2,1H3. The lowest BCUT2D eigenvalue weighted by atomic mass is 10.3. The van der Waals surface area contributed by atoms with Crippen LogP contribution in [0.5, 0.6) is 0 Å². The molecule has 8 heteroatoms. The van der Waals surface area contributed by atoms with Crippen molar-refractivity contribution in [3.63, 3.8) is 0 Å². The monoisotopic (exact) mass is 260 g/mol. The fraction of sp³-hybridized carbons (Fsp3) is 0.400. The number of rotatable bonds is 2. The molecule has 1 atom stereocenters. The average Bonchev–Trinajstić information content (AvgIpc) is 2.68. The molecule has 0 aromatic carbocycles. The average molecular weight is 260 g/mol. The number of fused-ring (bicyclic) bond motifs is 1. The van der Waals surface area contributed by atoms with Gasteiger partial charge in [-0.2, -0.15) is 13.2 Å². The van der Waals surface area contributed by atoms with Crippen LogP contribution in [0.2, 0.25) is 0 Å². The molecule has 2 N–H and O–H groups in total. The second kappa shape index (κ2) is 4.13. The Morgan fingerprint density at radius 1 is 1.50 bits per heavy atom. The van der Waals surface area contributed by atoms with Crippen molar-refractivity contribution >= 4 is 5.65 Å². The van der Waals surface area contributed by atoms with Gasteiger partial charge in [0.05, 0.1) is 6.04 Å². The van der Waals surface area contributed by atoms with Crippen molar-refractivity contribution in [3.05, 3.63) is 34.6 Å². The quantitative estimate of drug-likeness (QED) is 0.878. The molecule has 2 heterocycles. The van der Waals surface area contributed by atoms with Crippen LogP contribution < -0.4 is 11.4 Å². The molecule has 0 saturated heterocycles. The Kier molecular flexibility index (Phi) is 2.89. The highest BCUT2D eigenvalue weighted by atomic mass is 19.4. The number of nitrogens with zero attached hydrogens (tertiary/aromatic N) is 3. The summed E-state index contributed by atoms with van der Waals surface area (Å²) in [5.74, 6) is -0.0801. The topological polar surface area (TPSA) is 65.3 Å². The number of halogens is 3. The van der Waals surface area contributed by atoms with E-state index in [0.717, 1.165) is 4.40 Å². The predicted molar refractivity (Wildman–Crippen MR) is 58.1 cm³/mol. The molecule has 1 unspecified atom stereocenters. The Labute approximate surface area is 99.7 Å². The zero-order chi connectivity index (χ0) is 13.5. The third-order valence-corrected chi connectivity index (χ3v) is 2.41. The normalized spacial score (nSPS) is 14.1. The van der Waals surface area contributed by atoms with Gasteiger partial charge < -0.3 is 5.73 Å². The van der Waals surface area contributed by atoms with E-state index in [1.165, 1.54) is 25.3 Å². The summed E-state index contributed by atoms with van der Waals surface area (Å²) in [6.07, 6.45) is -3.14. The highest BCUT2D eigenvalue weighted by molar-refractivity contribution is 5.38. The first-order valence-corrected chi connectivity index (χ1v) is 5.20. The van der Waals surface area contributed by atoms with E-state index < -0.39 is 24.5 Å². The van der Waals surface area contributed by atoms with Crippen LogP contribution in [0.1, 0.15) is 18.8 Å². The zero-order valence-electron chi connectivity index (χ0n) is 9.48. The Morgan fingerprint density at radius 3 is 2.72 bits per heavy atom. The zero-order valence-corrected chi connectivity index (χ0v) is 9.48. The summed E-state index contributed by atoms with van der Waals surface area (Å²) >= 11 is 0. The second-order valence-corrected chi connectivity index (χ2v) is 3.98. The van der Waals surface area contributed by atoms with Crippen molar-refractivity contribution in [3.8, 4) is 0 Å². The molecular formula is C10H11F3N4O. The van der Waals surface area contributed by atoms with Gasteiger partial charge in [0.1, 0.15) is 18.0 Å². The fourth-order valence-electron chi connectivity index (χ4n) is 1.71. The van der Waals surface area contributed by atoms with E-state index >= 15 is 0 Å². The molecule has 5 nitrogen and oxygen atoms in total. The number of aromatic nitrogens is 3. The molecule has 0 aliphatic rings. The van der Waals surface area contributed by atoms with E-state index in [1.807, 2.05) is 0 Å². The van der Waals surface area contributed by atoms with Gasteiger partial charge in [0.25, 0.3) is 0 Å². The molecule has 0 bridgehead atoms. The Morgan fingerprint density at radius 2 is 2.17 bits per heavy atom. The summed E-state index contributed by atoms with van der Waals surface area (Å²) in [7, 11) is 0. The van der Waals surface area contributed by atoms with Crippen molar-refractivity contribution in [1.82, 2.24) is 14.0 Å². The maximum absolute atomic E-state index is 12.5. The molecule has 0 radical (unpaired) electrons. The third kappa shape index (κ3) is 2.23. The lowest BCUT2D eigenvalue weighted by Crippen LogP contribution is -2.36. The third-order valence-electron chi connectivity index (χ3n) is 2.41. The van der Waals surface area contributed by atoms with Crippen LogP contribution in [0, 0.1) is 0 Å². The molecular weight excluding hydrogens is 249 g/mol. The highest BCUT2D eigenvalue weighted by Gasteiger charge is 2.31. The largest absolute Gasteiger partial charge is 0.406 e. The van der Waals surface area contributed by atoms with Gasteiger partial charge in [-0.1, -0.05) is 0 Å².